The first-order valence-corrected chi connectivity index (χ1v) is 5.48. The summed E-state index contributed by atoms with van der Waals surface area (Å²) >= 11 is 3.52. The number of hydrogen-bond donors (Lipinski definition) is 1. The first-order valence-electron chi connectivity index (χ1n) is 4.68. The molecule has 0 bridgehead atoms. The number of nitrogens with zero attached hydrogens (tertiary/aromatic N) is 2. The number of hydrogen-bond acceptors (Lipinski definition) is 3. The van der Waals surface area contributed by atoms with Gasteiger partial charge in [0, 0.05) is 13.6 Å². The van der Waals surface area contributed by atoms with Gasteiger partial charge in [0.15, 0.2) is 0 Å². The fourth-order valence-electron chi connectivity index (χ4n) is 1.23. The number of halogens is 1. The molecule has 0 fully saturated rings. The predicted octanol–water partition coefficient (Wildman–Crippen LogP) is 1.22. The minimum absolute atomic E-state index is 0.552. The van der Waals surface area contributed by atoms with E-state index in [1.54, 1.807) is 0 Å². The highest BCUT2D eigenvalue weighted by Crippen LogP contribution is 2.21. The van der Waals surface area contributed by atoms with Crippen LogP contribution >= 0.6 is 15.9 Å². The van der Waals surface area contributed by atoms with E-state index >= 15 is 0 Å². The fourth-order valence-corrected chi connectivity index (χ4v) is 1.96. The predicted molar refractivity (Wildman–Crippen MR) is 59.0 cm³/mol. The fraction of sp³-hybridized carbons (Fsp3) is 0.667. The van der Waals surface area contributed by atoms with Crippen LogP contribution in [0.4, 0.5) is 0 Å². The highest BCUT2D eigenvalue weighted by Gasteiger charge is 2.11. The molecule has 1 aromatic rings. The average molecular weight is 262 g/mol. The van der Waals surface area contributed by atoms with Crippen molar-refractivity contribution in [2.75, 3.05) is 13.2 Å². The lowest BCUT2D eigenvalue weighted by molar-refractivity contribution is 0.122. The van der Waals surface area contributed by atoms with Gasteiger partial charge in [-0.25, -0.2) is 0 Å². The van der Waals surface area contributed by atoms with E-state index in [0.29, 0.717) is 19.8 Å². The molecular formula is C9H16BrN3O. The Morgan fingerprint density at radius 1 is 1.57 bits per heavy atom. The van der Waals surface area contributed by atoms with Gasteiger partial charge in [-0.15, -0.1) is 0 Å². The molecule has 4 nitrogen and oxygen atoms in total. The van der Waals surface area contributed by atoms with Crippen LogP contribution in [-0.2, 0) is 24.8 Å². The Morgan fingerprint density at radius 3 is 2.79 bits per heavy atom. The van der Waals surface area contributed by atoms with E-state index in [1.807, 2.05) is 11.7 Å². The van der Waals surface area contributed by atoms with E-state index in [9.17, 15) is 0 Å². The first-order chi connectivity index (χ1) is 6.70. The number of nitrogens with two attached hydrogens (primary N) is 1. The van der Waals surface area contributed by atoms with Crippen molar-refractivity contribution in [2.45, 2.75) is 20.0 Å². The highest BCUT2D eigenvalue weighted by molar-refractivity contribution is 9.10. The maximum absolute atomic E-state index is 5.37. The van der Waals surface area contributed by atoms with Gasteiger partial charge in [-0.05, 0) is 22.4 Å². The summed E-state index contributed by atoms with van der Waals surface area (Å²) in [7, 11) is 1.92. The summed E-state index contributed by atoms with van der Waals surface area (Å²) in [6.45, 7) is 3.77. The molecule has 0 saturated heterocycles. The van der Waals surface area contributed by atoms with Gasteiger partial charge in [-0.2, -0.15) is 5.10 Å². The van der Waals surface area contributed by atoms with Crippen LogP contribution in [-0.4, -0.2) is 22.9 Å². The van der Waals surface area contributed by atoms with Crippen LogP contribution in [0.3, 0.4) is 0 Å². The zero-order chi connectivity index (χ0) is 10.6. The number of aryl methyl sites for hydroxylation is 2. The number of rotatable bonds is 5. The molecule has 0 aliphatic carbocycles. The van der Waals surface area contributed by atoms with Crippen molar-refractivity contribution in [2.24, 2.45) is 12.8 Å². The van der Waals surface area contributed by atoms with E-state index in [1.165, 1.54) is 0 Å². The molecule has 14 heavy (non-hydrogen) atoms. The van der Waals surface area contributed by atoms with Crippen LogP contribution in [0.25, 0.3) is 0 Å². The standard InChI is InChI=1S/C9H16BrN3O/c1-3-7-9(10)8(13(2)12-7)6-14-5-4-11/h3-6,11H2,1-2H3. The van der Waals surface area contributed by atoms with Crippen molar-refractivity contribution < 1.29 is 4.74 Å². The quantitative estimate of drug-likeness (QED) is 0.812. The van der Waals surface area contributed by atoms with Gasteiger partial charge >= 0.3 is 0 Å². The Labute approximate surface area is 92.5 Å². The normalized spacial score (nSPS) is 10.9. The van der Waals surface area contributed by atoms with Crippen LogP contribution in [0.2, 0.25) is 0 Å². The zero-order valence-electron chi connectivity index (χ0n) is 8.59. The van der Waals surface area contributed by atoms with Crippen LogP contribution in [0.15, 0.2) is 4.47 Å². The lowest BCUT2D eigenvalue weighted by Gasteiger charge is -2.03. The van der Waals surface area contributed by atoms with Gasteiger partial charge in [-0.1, -0.05) is 6.92 Å². The molecule has 0 atom stereocenters. The molecule has 0 spiro atoms. The average Bonchev–Trinajstić information content (AvgIpc) is 2.45. The molecule has 0 aliphatic rings. The molecule has 1 aromatic heterocycles. The van der Waals surface area contributed by atoms with Gasteiger partial charge in [0.05, 0.1) is 29.1 Å². The van der Waals surface area contributed by atoms with Crippen molar-refractivity contribution in [1.29, 1.82) is 0 Å². The van der Waals surface area contributed by atoms with E-state index in [-0.39, 0.29) is 0 Å². The zero-order valence-corrected chi connectivity index (χ0v) is 10.2. The maximum atomic E-state index is 5.37. The maximum Gasteiger partial charge on any atom is 0.0896 e. The molecule has 0 radical (unpaired) electrons. The third-order valence-electron chi connectivity index (χ3n) is 2.00. The topological polar surface area (TPSA) is 53.1 Å². The largest absolute Gasteiger partial charge is 0.374 e. The monoisotopic (exact) mass is 261 g/mol. The molecule has 0 amide bonds. The van der Waals surface area contributed by atoms with Crippen LogP contribution in [0, 0.1) is 0 Å². The minimum atomic E-state index is 0.552. The van der Waals surface area contributed by atoms with E-state index < -0.39 is 0 Å². The van der Waals surface area contributed by atoms with E-state index in [0.717, 1.165) is 22.3 Å². The Morgan fingerprint density at radius 2 is 2.29 bits per heavy atom. The Bertz CT molecular complexity index is 298. The van der Waals surface area contributed by atoms with E-state index in [2.05, 4.69) is 28.0 Å². The molecule has 5 heteroatoms. The van der Waals surface area contributed by atoms with Gasteiger partial charge < -0.3 is 10.5 Å². The van der Waals surface area contributed by atoms with Gasteiger partial charge in [0.1, 0.15) is 0 Å². The van der Waals surface area contributed by atoms with Crippen molar-refractivity contribution >= 4 is 15.9 Å². The van der Waals surface area contributed by atoms with Crippen LogP contribution in [0.5, 0.6) is 0 Å². The lowest BCUT2D eigenvalue weighted by Crippen LogP contribution is -2.10. The Hall–Kier alpha value is -0.390. The summed E-state index contributed by atoms with van der Waals surface area (Å²) in [6.07, 6.45) is 0.922. The van der Waals surface area contributed by atoms with Crippen molar-refractivity contribution in [1.82, 2.24) is 9.78 Å². The number of aromatic nitrogens is 2. The molecule has 80 valence electrons. The Kier molecular flexibility index (Phi) is 4.57. The Balaban J connectivity index is 2.70. The lowest BCUT2D eigenvalue weighted by atomic mass is 10.3. The molecule has 0 saturated carbocycles. The minimum Gasteiger partial charge on any atom is -0.374 e. The summed E-state index contributed by atoms with van der Waals surface area (Å²) in [6, 6.07) is 0. The van der Waals surface area contributed by atoms with Crippen molar-refractivity contribution in [3.05, 3.63) is 15.9 Å². The number of ether oxygens (including phenoxy) is 1. The smallest absolute Gasteiger partial charge is 0.0896 e. The summed E-state index contributed by atoms with van der Waals surface area (Å²) in [4.78, 5) is 0. The summed E-state index contributed by atoms with van der Waals surface area (Å²) in [5.41, 5.74) is 7.47. The molecule has 0 aromatic carbocycles. The second-order valence-corrected chi connectivity index (χ2v) is 3.82. The van der Waals surface area contributed by atoms with Gasteiger partial charge in [-0.3, -0.25) is 4.68 Å². The summed E-state index contributed by atoms with van der Waals surface area (Å²) in [5.74, 6) is 0. The highest BCUT2D eigenvalue weighted by atomic mass is 79.9. The van der Waals surface area contributed by atoms with Crippen molar-refractivity contribution in [3.8, 4) is 0 Å². The first kappa shape index (κ1) is 11.7. The molecule has 2 N–H and O–H groups in total. The third kappa shape index (κ3) is 2.56. The van der Waals surface area contributed by atoms with Gasteiger partial charge in [0.2, 0.25) is 0 Å². The SMILES string of the molecule is CCc1nn(C)c(COCCN)c1Br. The molecule has 0 aliphatic heterocycles. The van der Waals surface area contributed by atoms with Gasteiger partial charge in [0.25, 0.3) is 0 Å². The third-order valence-corrected chi connectivity index (χ3v) is 2.92. The van der Waals surface area contributed by atoms with Crippen molar-refractivity contribution in [3.63, 3.8) is 0 Å². The second-order valence-electron chi connectivity index (χ2n) is 3.03. The molecular weight excluding hydrogens is 246 g/mol. The molecule has 1 rings (SSSR count). The summed E-state index contributed by atoms with van der Waals surface area (Å²) in [5, 5.41) is 4.37. The molecule has 1 heterocycles. The summed E-state index contributed by atoms with van der Waals surface area (Å²) < 4.78 is 8.27. The second kappa shape index (κ2) is 5.48. The van der Waals surface area contributed by atoms with Crippen LogP contribution in [0.1, 0.15) is 18.3 Å². The van der Waals surface area contributed by atoms with Crippen LogP contribution < -0.4 is 5.73 Å². The molecule has 0 unspecified atom stereocenters. The van der Waals surface area contributed by atoms with E-state index in [4.69, 9.17) is 10.5 Å².